The van der Waals surface area contributed by atoms with E-state index in [4.69, 9.17) is 35.8 Å². The maximum Gasteiger partial charge on any atom is 0.0942 e. The van der Waals surface area contributed by atoms with Gasteiger partial charge in [-0.15, -0.1) is 0 Å². The molecule has 0 aliphatic rings. The second-order valence-electron chi connectivity index (χ2n) is 10.5. The predicted molar refractivity (Wildman–Crippen MR) is 158 cm³/mol. The molecule has 0 fully saturated rings. The Kier molecular flexibility index (Phi) is 34.5. The summed E-state index contributed by atoms with van der Waals surface area (Å²) in [5.41, 5.74) is 5.89. The molecule has 6 N–H and O–H groups in total. The summed E-state index contributed by atoms with van der Waals surface area (Å²) in [5, 5.41) is 36.5. The molecule has 0 saturated heterocycles. The maximum absolute atomic E-state index is 9.09. The van der Waals surface area contributed by atoms with Crippen LogP contribution in [-0.2, 0) is 9.68 Å². The van der Waals surface area contributed by atoms with Gasteiger partial charge in [-0.2, -0.15) is 0 Å². The van der Waals surface area contributed by atoms with Gasteiger partial charge in [-0.05, 0) is 25.7 Å². The van der Waals surface area contributed by atoms with E-state index in [1.165, 1.54) is 95.1 Å². The number of rotatable bonds is 29. The molecule has 0 aliphatic heterocycles. The smallest absolute Gasteiger partial charge is 0.0942 e. The van der Waals surface area contributed by atoms with E-state index in [1.54, 1.807) is 0 Å². The second kappa shape index (κ2) is 32.9. The molecule has 0 aliphatic carbocycles. The van der Waals surface area contributed by atoms with Gasteiger partial charge in [0, 0.05) is 18.8 Å². The average molecular weight is 551 g/mol. The van der Waals surface area contributed by atoms with E-state index in [0.29, 0.717) is 19.4 Å². The number of aliphatic hydroxyl groups is 4. The van der Waals surface area contributed by atoms with Crippen molar-refractivity contribution in [3.8, 4) is 0 Å². The summed E-state index contributed by atoms with van der Waals surface area (Å²) < 4.78 is 0. The number of unbranched alkanes of at least 4 members (excludes halogenated alkanes) is 15. The quantitative estimate of drug-likeness (QED) is 0.0597. The van der Waals surface area contributed by atoms with E-state index in [0.717, 1.165) is 25.7 Å². The van der Waals surface area contributed by atoms with Crippen molar-refractivity contribution in [2.45, 2.75) is 148 Å². The van der Waals surface area contributed by atoms with Gasteiger partial charge < -0.3 is 26.2 Å². The number of hydrogen-bond acceptors (Lipinski definition) is 8. The highest BCUT2D eigenvalue weighted by atomic mass is 16.9. The molecule has 0 saturated carbocycles. The van der Waals surface area contributed by atoms with Crippen LogP contribution in [-0.4, -0.2) is 77.4 Å². The van der Waals surface area contributed by atoms with Crippen LogP contribution in [0.15, 0.2) is 0 Å². The maximum atomic E-state index is 9.09. The molecule has 38 heavy (non-hydrogen) atoms. The van der Waals surface area contributed by atoms with Gasteiger partial charge in [-0.1, -0.05) is 122 Å². The Hall–Kier alpha value is -0.320. The summed E-state index contributed by atoms with van der Waals surface area (Å²) in [6.07, 6.45) is 24.7. The highest BCUT2D eigenvalue weighted by molar-refractivity contribution is 4.83. The molecular weight excluding hydrogens is 484 g/mol. The van der Waals surface area contributed by atoms with Crippen LogP contribution >= 0.6 is 0 Å². The monoisotopic (exact) mass is 550 g/mol. The zero-order chi connectivity index (χ0) is 28.6. The van der Waals surface area contributed by atoms with Crippen molar-refractivity contribution in [1.29, 1.82) is 0 Å². The fraction of sp³-hybridized carbons (Fsp3) is 1.00. The first-order valence-corrected chi connectivity index (χ1v) is 15.8. The van der Waals surface area contributed by atoms with Crippen molar-refractivity contribution in [1.82, 2.24) is 5.23 Å². The predicted octanol–water partition coefficient (Wildman–Crippen LogP) is 5.65. The van der Waals surface area contributed by atoms with Crippen LogP contribution in [0.25, 0.3) is 0 Å². The summed E-state index contributed by atoms with van der Waals surface area (Å²) in [7, 11) is 0. The van der Waals surface area contributed by atoms with Gasteiger partial charge in [0.15, 0.2) is 0 Å². The molecule has 0 radical (unpaired) electrons. The molecule has 8 nitrogen and oxygen atoms in total. The Morgan fingerprint density at radius 1 is 0.500 bits per heavy atom. The van der Waals surface area contributed by atoms with Crippen LogP contribution in [0.3, 0.4) is 0 Å². The molecule has 0 heterocycles. The Labute approximate surface area is 235 Å². The fourth-order valence-corrected chi connectivity index (χ4v) is 4.41. The number of nitrogens with two attached hydrogens (primary N) is 1. The van der Waals surface area contributed by atoms with E-state index in [-0.39, 0.29) is 45.2 Å². The SMILES string of the molecule is CCCCCCCCCCCCCCCCCC(N)(CCO)CCO.CCCCN(OCCO)OCCO. The zero-order valence-corrected chi connectivity index (χ0v) is 25.2. The van der Waals surface area contributed by atoms with Gasteiger partial charge in [0.25, 0.3) is 0 Å². The van der Waals surface area contributed by atoms with Crippen molar-refractivity contribution in [3.05, 3.63) is 0 Å². The normalized spacial score (nSPS) is 11.7. The van der Waals surface area contributed by atoms with Crippen LogP contribution in [0.4, 0.5) is 0 Å². The average Bonchev–Trinajstić information content (AvgIpc) is 2.91. The summed E-state index contributed by atoms with van der Waals surface area (Å²) in [4.78, 5) is 10.1. The van der Waals surface area contributed by atoms with E-state index in [9.17, 15) is 0 Å². The lowest BCUT2D eigenvalue weighted by Gasteiger charge is -2.28. The minimum absolute atomic E-state index is 0.0366. The van der Waals surface area contributed by atoms with Gasteiger partial charge in [-0.25, -0.2) is 0 Å². The standard InChI is InChI=1S/C22H47NO2.C8H19NO4/c1-2-3-4-5-6-7-8-9-10-11-12-13-14-15-16-17-22(23,18-20-24)19-21-25;1-2-3-4-9(12-7-5-10)13-8-6-11/h24-25H,2-21,23H2,1H3;10-11H,2-8H2,1H3. The van der Waals surface area contributed by atoms with E-state index < -0.39 is 0 Å². The number of hydroxylamine groups is 2. The molecule has 0 bridgehead atoms. The summed E-state index contributed by atoms with van der Waals surface area (Å²) in [6.45, 7) is 5.60. The van der Waals surface area contributed by atoms with Crippen LogP contribution < -0.4 is 5.73 Å². The minimum atomic E-state index is -0.361. The molecule has 0 rings (SSSR count). The number of nitrogens with zero attached hydrogens (tertiary/aromatic N) is 1. The lowest BCUT2D eigenvalue weighted by Crippen LogP contribution is -2.41. The van der Waals surface area contributed by atoms with Crippen LogP contribution in [0, 0.1) is 0 Å². The molecule has 0 aromatic rings. The highest BCUT2D eigenvalue weighted by Crippen LogP contribution is 2.21. The van der Waals surface area contributed by atoms with Crippen LogP contribution in [0.2, 0.25) is 0 Å². The van der Waals surface area contributed by atoms with Gasteiger partial charge in [0.2, 0.25) is 0 Å². The second-order valence-corrected chi connectivity index (χ2v) is 10.5. The first kappa shape index (κ1) is 39.8. The van der Waals surface area contributed by atoms with Gasteiger partial charge >= 0.3 is 0 Å². The zero-order valence-electron chi connectivity index (χ0n) is 25.2. The van der Waals surface area contributed by atoms with Crippen LogP contribution in [0.1, 0.15) is 142 Å². The minimum Gasteiger partial charge on any atom is -0.396 e. The van der Waals surface area contributed by atoms with Crippen molar-refractivity contribution in [2.24, 2.45) is 5.73 Å². The third-order valence-corrected chi connectivity index (χ3v) is 6.84. The fourth-order valence-electron chi connectivity index (χ4n) is 4.41. The Morgan fingerprint density at radius 3 is 1.21 bits per heavy atom. The van der Waals surface area contributed by atoms with Gasteiger partial charge in [-0.3, -0.25) is 9.68 Å². The number of hydrogen-bond donors (Lipinski definition) is 5. The van der Waals surface area contributed by atoms with Gasteiger partial charge in [0.05, 0.1) is 33.0 Å². The van der Waals surface area contributed by atoms with E-state index in [2.05, 4.69) is 13.8 Å². The Balaban J connectivity index is 0. The molecule has 0 atom stereocenters. The number of aliphatic hydroxyl groups excluding tert-OH is 4. The summed E-state index contributed by atoms with van der Waals surface area (Å²) >= 11 is 0. The molecule has 0 aromatic carbocycles. The third-order valence-electron chi connectivity index (χ3n) is 6.84. The molecule has 8 heteroatoms. The first-order valence-electron chi connectivity index (χ1n) is 15.8. The topological polar surface area (TPSA) is 129 Å². The molecule has 0 unspecified atom stereocenters. The molecule has 0 aromatic heterocycles. The Bertz CT molecular complexity index is 407. The largest absolute Gasteiger partial charge is 0.396 e. The summed E-state index contributed by atoms with van der Waals surface area (Å²) in [6, 6.07) is 0. The molecule has 0 amide bonds. The lowest BCUT2D eigenvalue weighted by atomic mass is 9.87. The molecule has 0 spiro atoms. The van der Waals surface area contributed by atoms with Crippen molar-refractivity contribution in [3.63, 3.8) is 0 Å². The van der Waals surface area contributed by atoms with Crippen molar-refractivity contribution < 1.29 is 30.1 Å². The van der Waals surface area contributed by atoms with Crippen molar-refractivity contribution in [2.75, 3.05) is 46.2 Å². The summed E-state index contributed by atoms with van der Waals surface area (Å²) in [5.74, 6) is 0. The Morgan fingerprint density at radius 2 is 0.868 bits per heavy atom. The van der Waals surface area contributed by atoms with E-state index in [1.807, 2.05) is 0 Å². The lowest BCUT2D eigenvalue weighted by molar-refractivity contribution is -0.371. The van der Waals surface area contributed by atoms with Crippen LogP contribution in [0.5, 0.6) is 0 Å². The van der Waals surface area contributed by atoms with Gasteiger partial charge in [0.1, 0.15) is 0 Å². The molecular formula is C30H66N2O6. The van der Waals surface area contributed by atoms with Crippen molar-refractivity contribution >= 4 is 0 Å². The highest BCUT2D eigenvalue weighted by Gasteiger charge is 2.22. The first-order chi connectivity index (χ1) is 18.5. The third kappa shape index (κ3) is 30.2. The van der Waals surface area contributed by atoms with E-state index >= 15 is 0 Å². The molecule has 232 valence electrons.